The van der Waals surface area contributed by atoms with E-state index in [-0.39, 0.29) is 10.6 Å². The lowest BCUT2D eigenvalue weighted by atomic mass is 10.3. The molecule has 14 heavy (non-hydrogen) atoms. The van der Waals surface area contributed by atoms with Gasteiger partial charge in [-0.3, -0.25) is 0 Å². The highest BCUT2D eigenvalue weighted by Gasteiger charge is 2.18. The molecule has 0 atom stereocenters. The highest BCUT2D eigenvalue weighted by molar-refractivity contribution is 7.14. The molecule has 0 aliphatic rings. The predicted octanol–water partition coefficient (Wildman–Crippen LogP) is 2.61. The van der Waals surface area contributed by atoms with Crippen LogP contribution in [0.4, 0.5) is 8.78 Å². The average molecular weight is 222 g/mol. The summed E-state index contributed by atoms with van der Waals surface area (Å²) < 4.78 is 27.8. The summed E-state index contributed by atoms with van der Waals surface area (Å²) in [4.78, 5) is 11.1. The van der Waals surface area contributed by atoms with Crippen LogP contribution < -0.4 is 4.74 Å². The van der Waals surface area contributed by atoms with Crippen LogP contribution in [0, 0.1) is 0 Å². The highest BCUT2D eigenvalue weighted by Crippen LogP contribution is 2.30. The Morgan fingerprint density at radius 2 is 2.36 bits per heavy atom. The molecule has 1 aromatic heterocycles. The summed E-state index contributed by atoms with van der Waals surface area (Å²) in [6.45, 7) is -1.18. The third kappa shape index (κ3) is 2.41. The number of ether oxygens (including phenoxy) is 1. The normalized spacial score (nSPS) is 10.6. The molecule has 3 nitrogen and oxygen atoms in total. The maximum absolute atomic E-state index is 11.9. The Hall–Kier alpha value is -1.17. The van der Waals surface area contributed by atoms with E-state index in [9.17, 15) is 13.6 Å². The van der Waals surface area contributed by atoms with Gasteiger partial charge in [-0.15, -0.1) is 11.3 Å². The Morgan fingerprint density at radius 3 is 2.79 bits per heavy atom. The minimum absolute atomic E-state index is 0.179. The molecular formula is C8H8F2O3S. The summed E-state index contributed by atoms with van der Waals surface area (Å²) in [5.74, 6) is -1.50. The fourth-order valence-electron chi connectivity index (χ4n) is 0.929. The summed E-state index contributed by atoms with van der Waals surface area (Å²) in [5.41, 5.74) is 0. The Kier molecular flexibility index (Phi) is 3.40. The number of aryl methyl sites for hydroxylation is 1. The van der Waals surface area contributed by atoms with Gasteiger partial charge in [-0.1, -0.05) is 6.92 Å². The third-order valence-electron chi connectivity index (χ3n) is 1.51. The molecule has 0 saturated carbocycles. The Bertz CT molecular complexity index is 335. The summed E-state index contributed by atoms with van der Waals surface area (Å²) in [7, 11) is 0. The second-order valence-electron chi connectivity index (χ2n) is 2.44. The van der Waals surface area contributed by atoms with E-state index in [2.05, 4.69) is 4.74 Å². The zero-order chi connectivity index (χ0) is 10.7. The first kappa shape index (κ1) is 10.9. The van der Waals surface area contributed by atoms with Crippen molar-refractivity contribution in [3.05, 3.63) is 15.8 Å². The SMILES string of the molecule is CCc1cc(OC(F)F)c(C(=O)O)s1. The summed E-state index contributed by atoms with van der Waals surface area (Å²) in [6.07, 6.45) is 0.595. The zero-order valence-corrected chi connectivity index (χ0v) is 8.11. The maximum atomic E-state index is 11.9. The minimum atomic E-state index is -2.99. The maximum Gasteiger partial charge on any atom is 0.387 e. The van der Waals surface area contributed by atoms with Crippen molar-refractivity contribution in [1.29, 1.82) is 0 Å². The number of hydrogen-bond acceptors (Lipinski definition) is 3. The van der Waals surface area contributed by atoms with Crippen LogP contribution in [-0.2, 0) is 6.42 Å². The molecule has 1 N–H and O–H groups in total. The van der Waals surface area contributed by atoms with Crippen molar-refractivity contribution in [2.24, 2.45) is 0 Å². The van der Waals surface area contributed by atoms with E-state index in [4.69, 9.17) is 5.11 Å². The van der Waals surface area contributed by atoms with Gasteiger partial charge >= 0.3 is 12.6 Å². The van der Waals surface area contributed by atoms with Crippen molar-refractivity contribution in [2.45, 2.75) is 20.0 Å². The number of carbonyl (C=O) groups is 1. The molecule has 0 spiro atoms. The van der Waals surface area contributed by atoms with Crippen molar-refractivity contribution >= 4 is 17.3 Å². The topological polar surface area (TPSA) is 46.5 Å². The number of thiophene rings is 1. The van der Waals surface area contributed by atoms with Gasteiger partial charge in [0, 0.05) is 4.88 Å². The van der Waals surface area contributed by atoms with Gasteiger partial charge in [0.15, 0.2) is 10.6 Å². The van der Waals surface area contributed by atoms with Gasteiger partial charge in [0.2, 0.25) is 0 Å². The molecule has 0 radical (unpaired) electrons. The summed E-state index contributed by atoms with van der Waals surface area (Å²) >= 11 is 0.952. The van der Waals surface area contributed by atoms with E-state index in [1.54, 1.807) is 0 Å². The summed E-state index contributed by atoms with van der Waals surface area (Å²) in [5, 5.41) is 8.67. The smallest absolute Gasteiger partial charge is 0.387 e. The summed E-state index contributed by atoms with van der Waals surface area (Å²) in [6, 6.07) is 1.33. The molecule has 0 bridgehead atoms. The van der Waals surface area contributed by atoms with E-state index in [1.165, 1.54) is 6.07 Å². The van der Waals surface area contributed by atoms with Crippen LogP contribution in [0.1, 0.15) is 21.5 Å². The van der Waals surface area contributed by atoms with E-state index >= 15 is 0 Å². The Labute approximate surface area is 82.9 Å². The Balaban J connectivity index is 2.99. The van der Waals surface area contributed by atoms with Crippen LogP contribution >= 0.6 is 11.3 Å². The molecule has 0 fully saturated rings. The van der Waals surface area contributed by atoms with Gasteiger partial charge in [0.05, 0.1) is 0 Å². The molecule has 6 heteroatoms. The zero-order valence-electron chi connectivity index (χ0n) is 7.29. The quantitative estimate of drug-likeness (QED) is 0.851. The average Bonchev–Trinajstić information content (AvgIpc) is 2.46. The monoisotopic (exact) mass is 222 g/mol. The van der Waals surface area contributed by atoms with Gasteiger partial charge < -0.3 is 9.84 Å². The van der Waals surface area contributed by atoms with Gasteiger partial charge in [-0.05, 0) is 12.5 Å². The van der Waals surface area contributed by atoms with Gasteiger partial charge in [-0.2, -0.15) is 8.78 Å². The molecule has 78 valence electrons. The van der Waals surface area contributed by atoms with Crippen LogP contribution in [0.3, 0.4) is 0 Å². The third-order valence-corrected chi connectivity index (χ3v) is 2.76. The first-order valence-electron chi connectivity index (χ1n) is 3.85. The van der Waals surface area contributed by atoms with Crippen molar-refractivity contribution < 1.29 is 23.4 Å². The molecule has 1 rings (SSSR count). The minimum Gasteiger partial charge on any atom is -0.477 e. The number of rotatable bonds is 4. The molecule has 0 unspecified atom stereocenters. The van der Waals surface area contributed by atoms with Crippen LogP contribution in [-0.4, -0.2) is 17.7 Å². The van der Waals surface area contributed by atoms with Crippen LogP contribution in [0.2, 0.25) is 0 Å². The van der Waals surface area contributed by atoms with E-state index in [0.717, 1.165) is 11.3 Å². The molecule has 1 heterocycles. The number of hydrogen-bond donors (Lipinski definition) is 1. The lowest BCUT2D eigenvalue weighted by Crippen LogP contribution is -2.04. The van der Waals surface area contributed by atoms with Crippen LogP contribution in [0.5, 0.6) is 5.75 Å². The molecule has 0 aliphatic carbocycles. The van der Waals surface area contributed by atoms with E-state index in [1.807, 2.05) is 6.92 Å². The van der Waals surface area contributed by atoms with Crippen molar-refractivity contribution in [3.8, 4) is 5.75 Å². The van der Waals surface area contributed by atoms with Crippen molar-refractivity contribution in [2.75, 3.05) is 0 Å². The first-order chi connectivity index (χ1) is 6.54. The van der Waals surface area contributed by atoms with Gasteiger partial charge in [-0.25, -0.2) is 4.79 Å². The number of carboxylic acids is 1. The van der Waals surface area contributed by atoms with Crippen molar-refractivity contribution in [3.63, 3.8) is 0 Å². The van der Waals surface area contributed by atoms with Crippen LogP contribution in [0.25, 0.3) is 0 Å². The molecule has 0 aromatic carbocycles. The lowest BCUT2D eigenvalue weighted by Gasteiger charge is -2.01. The van der Waals surface area contributed by atoms with Crippen LogP contribution in [0.15, 0.2) is 6.07 Å². The largest absolute Gasteiger partial charge is 0.477 e. The Morgan fingerprint density at radius 1 is 1.71 bits per heavy atom. The second-order valence-corrected chi connectivity index (χ2v) is 3.58. The van der Waals surface area contributed by atoms with Crippen molar-refractivity contribution in [1.82, 2.24) is 0 Å². The molecule has 0 aliphatic heterocycles. The second kappa shape index (κ2) is 4.36. The molecule has 0 saturated heterocycles. The fourth-order valence-corrected chi connectivity index (χ4v) is 1.80. The first-order valence-corrected chi connectivity index (χ1v) is 4.67. The van der Waals surface area contributed by atoms with Gasteiger partial charge in [0.1, 0.15) is 0 Å². The van der Waals surface area contributed by atoms with E-state index < -0.39 is 12.6 Å². The highest BCUT2D eigenvalue weighted by atomic mass is 32.1. The molecule has 0 amide bonds. The number of aromatic carboxylic acids is 1. The number of carboxylic acid groups (broad SMARTS) is 1. The van der Waals surface area contributed by atoms with E-state index in [0.29, 0.717) is 11.3 Å². The number of alkyl halides is 2. The molecule has 1 aromatic rings. The lowest BCUT2D eigenvalue weighted by molar-refractivity contribution is -0.0500. The standard InChI is InChI=1S/C8H8F2O3S/c1-2-4-3-5(13-8(9)10)6(14-4)7(11)12/h3,8H,2H2,1H3,(H,11,12). The predicted molar refractivity (Wildman–Crippen MR) is 47.3 cm³/mol. The molecular weight excluding hydrogens is 214 g/mol. The number of halogens is 2. The van der Waals surface area contributed by atoms with Gasteiger partial charge in [0.25, 0.3) is 0 Å². The fraction of sp³-hybridized carbons (Fsp3) is 0.375.